The first-order chi connectivity index (χ1) is 18.7. The first-order valence-corrected chi connectivity index (χ1v) is 15.0. The lowest BCUT2D eigenvalue weighted by molar-refractivity contribution is -0.140. The fourth-order valence-corrected chi connectivity index (χ4v) is 5.44. The van der Waals surface area contributed by atoms with Gasteiger partial charge in [-0.2, -0.15) is 0 Å². The molecule has 0 bridgehead atoms. The van der Waals surface area contributed by atoms with Crippen molar-refractivity contribution in [3.63, 3.8) is 0 Å². The number of halogens is 2. The summed E-state index contributed by atoms with van der Waals surface area (Å²) in [5.41, 5.74) is 1.21. The van der Waals surface area contributed by atoms with Gasteiger partial charge in [0.2, 0.25) is 21.8 Å². The Bertz CT molecular complexity index is 1460. The molecule has 7 nitrogen and oxygen atoms in total. The Morgan fingerprint density at radius 1 is 1.00 bits per heavy atom. The lowest BCUT2D eigenvalue weighted by Gasteiger charge is -2.35. The van der Waals surface area contributed by atoms with Crippen molar-refractivity contribution in [2.45, 2.75) is 52.2 Å². The van der Waals surface area contributed by atoms with E-state index in [0.29, 0.717) is 10.6 Å². The second-order valence-corrected chi connectivity index (χ2v) is 13.1. The average molecular weight is 588 g/mol. The molecule has 214 valence electrons. The van der Waals surface area contributed by atoms with Gasteiger partial charge in [-0.25, -0.2) is 12.8 Å². The fraction of sp³-hybridized carbons (Fsp3) is 0.333. The number of anilines is 1. The van der Waals surface area contributed by atoms with Crippen LogP contribution in [0.1, 0.15) is 37.5 Å². The van der Waals surface area contributed by atoms with Crippen molar-refractivity contribution in [1.82, 2.24) is 10.2 Å². The predicted octanol–water partition coefficient (Wildman–Crippen LogP) is 5.11. The van der Waals surface area contributed by atoms with E-state index in [-0.39, 0.29) is 24.2 Å². The standard InChI is InChI=1S/C30H35ClFN3O4S/c1-21-17-24(31)15-16-26(21)35(40(5,38)39)20-28(36)34(19-23-13-9-10-14-25(23)32)27(29(37)33-30(2,3)4)18-22-11-7-6-8-12-22/h6-17,27H,18-20H2,1-5H3,(H,33,37)/t27-/m0/s1. The van der Waals surface area contributed by atoms with Gasteiger partial charge in [-0.1, -0.05) is 60.1 Å². The Labute approximate surface area is 241 Å². The SMILES string of the molecule is Cc1cc(Cl)ccc1N(CC(=O)N(Cc1ccccc1F)[C@@H](Cc1ccccc1)C(=O)NC(C)(C)C)S(C)(=O)=O. The van der Waals surface area contributed by atoms with E-state index in [1.807, 2.05) is 51.1 Å². The minimum Gasteiger partial charge on any atom is -0.350 e. The third kappa shape index (κ3) is 8.53. The molecule has 40 heavy (non-hydrogen) atoms. The van der Waals surface area contributed by atoms with Crippen LogP contribution in [-0.2, 0) is 32.6 Å². The molecular weight excluding hydrogens is 553 g/mol. The van der Waals surface area contributed by atoms with Gasteiger partial charge in [-0.15, -0.1) is 0 Å². The molecule has 0 fully saturated rings. The second kappa shape index (κ2) is 12.8. The van der Waals surface area contributed by atoms with Crippen LogP contribution in [0.25, 0.3) is 0 Å². The zero-order chi connectivity index (χ0) is 29.7. The van der Waals surface area contributed by atoms with Crippen molar-refractivity contribution in [2.24, 2.45) is 0 Å². The number of hydrogen-bond donors (Lipinski definition) is 1. The van der Waals surface area contributed by atoms with Crippen LogP contribution >= 0.6 is 11.6 Å². The van der Waals surface area contributed by atoms with Crippen LogP contribution in [-0.4, -0.2) is 49.5 Å². The number of rotatable bonds is 10. The van der Waals surface area contributed by atoms with Crippen LogP contribution in [0.5, 0.6) is 0 Å². The highest BCUT2D eigenvalue weighted by atomic mass is 35.5. The van der Waals surface area contributed by atoms with Gasteiger partial charge < -0.3 is 10.2 Å². The molecule has 10 heteroatoms. The van der Waals surface area contributed by atoms with Crippen LogP contribution in [0.4, 0.5) is 10.1 Å². The zero-order valence-electron chi connectivity index (χ0n) is 23.3. The van der Waals surface area contributed by atoms with Crippen molar-refractivity contribution in [3.8, 4) is 0 Å². The quantitative estimate of drug-likeness (QED) is 0.357. The van der Waals surface area contributed by atoms with E-state index in [1.54, 1.807) is 25.1 Å². The molecule has 2 amide bonds. The highest BCUT2D eigenvalue weighted by molar-refractivity contribution is 7.92. The van der Waals surface area contributed by atoms with Crippen LogP contribution in [0.2, 0.25) is 5.02 Å². The number of carbonyl (C=O) groups is 2. The summed E-state index contributed by atoms with van der Waals surface area (Å²) < 4.78 is 41.6. The topological polar surface area (TPSA) is 86.8 Å². The Hall–Kier alpha value is -3.43. The van der Waals surface area contributed by atoms with Gasteiger partial charge >= 0.3 is 0 Å². The van der Waals surface area contributed by atoms with Gasteiger partial charge in [0, 0.05) is 29.1 Å². The summed E-state index contributed by atoms with van der Waals surface area (Å²) in [6.45, 7) is 6.32. The monoisotopic (exact) mass is 587 g/mol. The van der Waals surface area contributed by atoms with Crippen molar-refractivity contribution in [1.29, 1.82) is 0 Å². The number of aryl methyl sites for hydroxylation is 1. The minimum atomic E-state index is -3.93. The maximum atomic E-state index is 14.8. The summed E-state index contributed by atoms with van der Waals surface area (Å²) in [5, 5.41) is 3.35. The Balaban J connectivity index is 2.10. The first kappa shape index (κ1) is 31.1. The van der Waals surface area contributed by atoms with Crippen LogP contribution in [0, 0.1) is 12.7 Å². The molecule has 3 aromatic rings. The molecule has 0 aliphatic heterocycles. The summed E-state index contributed by atoms with van der Waals surface area (Å²) in [5.74, 6) is -1.63. The summed E-state index contributed by atoms with van der Waals surface area (Å²) in [6.07, 6.45) is 1.14. The van der Waals surface area contributed by atoms with Crippen molar-refractivity contribution < 1.29 is 22.4 Å². The van der Waals surface area contributed by atoms with E-state index in [0.717, 1.165) is 16.1 Å². The van der Waals surface area contributed by atoms with E-state index in [2.05, 4.69) is 5.32 Å². The fourth-order valence-electron chi connectivity index (χ4n) is 4.31. The van der Waals surface area contributed by atoms with E-state index in [1.165, 1.54) is 29.2 Å². The molecule has 0 heterocycles. The third-order valence-corrected chi connectivity index (χ3v) is 7.54. The Kier molecular flexibility index (Phi) is 9.97. The number of benzene rings is 3. The lowest BCUT2D eigenvalue weighted by Crippen LogP contribution is -2.56. The van der Waals surface area contributed by atoms with Crippen LogP contribution in [0.3, 0.4) is 0 Å². The van der Waals surface area contributed by atoms with Crippen molar-refractivity contribution >= 4 is 39.1 Å². The number of amides is 2. The summed E-state index contributed by atoms with van der Waals surface area (Å²) in [6, 6.07) is 18.8. The maximum Gasteiger partial charge on any atom is 0.244 e. The van der Waals surface area contributed by atoms with Gasteiger partial charge in [-0.05, 0) is 63.1 Å². The third-order valence-electron chi connectivity index (χ3n) is 6.17. The van der Waals surface area contributed by atoms with E-state index in [9.17, 15) is 22.4 Å². The van der Waals surface area contributed by atoms with E-state index in [4.69, 9.17) is 11.6 Å². The summed E-state index contributed by atoms with van der Waals surface area (Å²) in [7, 11) is -3.93. The minimum absolute atomic E-state index is 0.141. The van der Waals surface area contributed by atoms with Gasteiger partial charge in [0.1, 0.15) is 18.4 Å². The predicted molar refractivity (Wildman–Crippen MR) is 157 cm³/mol. The molecule has 3 aromatic carbocycles. The molecule has 0 saturated carbocycles. The highest BCUT2D eigenvalue weighted by Gasteiger charge is 2.35. The first-order valence-electron chi connectivity index (χ1n) is 12.8. The van der Waals surface area contributed by atoms with Crippen LogP contribution in [0.15, 0.2) is 72.8 Å². The number of hydrogen-bond acceptors (Lipinski definition) is 4. The number of sulfonamides is 1. The van der Waals surface area contributed by atoms with Crippen molar-refractivity contribution in [3.05, 3.63) is 100 Å². The smallest absolute Gasteiger partial charge is 0.244 e. The number of carbonyl (C=O) groups excluding carboxylic acids is 2. The lowest BCUT2D eigenvalue weighted by atomic mass is 10.0. The molecule has 0 spiro atoms. The Morgan fingerprint density at radius 2 is 1.62 bits per heavy atom. The summed E-state index contributed by atoms with van der Waals surface area (Å²) >= 11 is 6.08. The summed E-state index contributed by atoms with van der Waals surface area (Å²) in [4.78, 5) is 29.0. The van der Waals surface area contributed by atoms with Gasteiger partial charge in [0.15, 0.2) is 0 Å². The molecule has 0 aromatic heterocycles. The molecule has 1 N–H and O–H groups in total. The molecule has 0 aliphatic rings. The molecule has 0 radical (unpaired) electrons. The average Bonchev–Trinajstić information content (AvgIpc) is 2.85. The molecule has 0 unspecified atom stereocenters. The molecule has 3 rings (SSSR count). The maximum absolute atomic E-state index is 14.8. The number of nitrogens with one attached hydrogen (secondary N) is 1. The zero-order valence-corrected chi connectivity index (χ0v) is 24.9. The molecular formula is C30H35ClFN3O4S. The number of nitrogens with zero attached hydrogens (tertiary/aromatic N) is 2. The molecule has 1 atom stereocenters. The van der Waals surface area contributed by atoms with E-state index >= 15 is 0 Å². The highest BCUT2D eigenvalue weighted by Crippen LogP contribution is 2.26. The molecule has 0 saturated heterocycles. The largest absolute Gasteiger partial charge is 0.350 e. The van der Waals surface area contributed by atoms with Gasteiger partial charge in [0.05, 0.1) is 11.9 Å². The van der Waals surface area contributed by atoms with E-state index < -0.39 is 45.8 Å². The van der Waals surface area contributed by atoms with Crippen molar-refractivity contribution in [2.75, 3.05) is 17.1 Å². The molecule has 0 aliphatic carbocycles. The Morgan fingerprint density at radius 3 is 2.20 bits per heavy atom. The van der Waals surface area contributed by atoms with Gasteiger partial charge in [0.25, 0.3) is 0 Å². The van der Waals surface area contributed by atoms with Gasteiger partial charge in [-0.3, -0.25) is 13.9 Å². The normalized spacial score (nSPS) is 12.5. The second-order valence-electron chi connectivity index (χ2n) is 10.8. The van der Waals surface area contributed by atoms with Crippen LogP contribution < -0.4 is 9.62 Å².